The number of sulfonamides is 1. The van der Waals surface area contributed by atoms with Gasteiger partial charge in [-0.05, 0) is 50.3 Å². The van der Waals surface area contributed by atoms with E-state index in [-0.39, 0.29) is 11.8 Å². The lowest BCUT2D eigenvalue weighted by molar-refractivity contribution is 0.241. The van der Waals surface area contributed by atoms with E-state index in [1.54, 1.807) is 35.1 Å². The Balaban J connectivity index is 1.80. The lowest BCUT2D eigenvalue weighted by Gasteiger charge is -2.34. The van der Waals surface area contributed by atoms with E-state index in [0.29, 0.717) is 17.1 Å². The molecule has 3 rings (SSSR count). The third kappa shape index (κ3) is 3.72. The van der Waals surface area contributed by atoms with Gasteiger partial charge in [-0.3, -0.25) is 4.68 Å². The van der Waals surface area contributed by atoms with Gasteiger partial charge in [-0.2, -0.15) is 9.40 Å². The molecule has 0 unspecified atom stereocenters. The van der Waals surface area contributed by atoms with Crippen LogP contribution in [0.1, 0.15) is 36.9 Å². The standard InChI is InChI=1S/C18H25N3O3S/c1-14-18(13-19-20(14)2)25(23,24)21-11-4-3-7-16(21)10-9-15-6-5-8-17(22)12-15/h5-6,8,12-13,16,22H,3-4,7,9-11H2,1-2H3/t16-/m0/s1. The number of nitrogens with zero attached hydrogens (tertiary/aromatic N) is 3. The van der Waals surface area contributed by atoms with Crippen molar-refractivity contribution >= 4 is 10.0 Å². The summed E-state index contributed by atoms with van der Waals surface area (Å²) < 4.78 is 29.5. The highest BCUT2D eigenvalue weighted by molar-refractivity contribution is 7.89. The zero-order valence-electron chi connectivity index (χ0n) is 14.7. The Morgan fingerprint density at radius 2 is 2.12 bits per heavy atom. The summed E-state index contributed by atoms with van der Waals surface area (Å²) in [6, 6.07) is 7.16. The smallest absolute Gasteiger partial charge is 0.246 e. The van der Waals surface area contributed by atoms with Gasteiger partial charge in [0.25, 0.3) is 0 Å². The van der Waals surface area contributed by atoms with Crippen molar-refractivity contribution in [1.29, 1.82) is 0 Å². The molecule has 0 aliphatic carbocycles. The normalized spacial score (nSPS) is 19.2. The van der Waals surface area contributed by atoms with Crippen LogP contribution >= 0.6 is 0 Å². The van der Waals surface area contributed by atoms with Crippen molar-refractivity contribution in [1.82, 2.24) is 14.1 Å². The molecular weight excluding hydrogens is 338 g/mol. The Morgan fingerprint density at radius 3 is 2.80 bits per heavy atom. The van der Waals surface area contributed by atoms with E-state index >= 15 is 0 Å². The summed E-state index contributed by atoms with van der Waals surface area (Å²) in [5.41, 5.74) is 1.69. The molecule has 1 aromatic heterocycles. The number of phenolic OH excluding ortho intramolecular Hbond substituents is 1. The summed E-state index contributed by atoms with van der Waals surface area (Å²) in [7, 11) is -1.78. The van der Waals surface area contributed by atoms with Crippen molar-refractivity contribution in [3.8, 4) is 5.75 Å². The highest BCUT2D eigenvalue weighted by Gasteiger charge is 2.35. The number of aromatic hydroxyl groups is 1. The van der Waals surface area contributed by atoms with Crippen molar-refractivity contribution in [2.75, 3.05) is 6.54 Å². The maximum atomic E-state index is 13.1. The Morgan fingerprint density at radius 1 is 1.32 bits per heavy atom. The molecule has 1 saturated heterocycles. The molecule has 1 aliphatic heterocycles. The number of benzene rings is 1. The minimum atomic E-state index is -3.53. The fourth-order valence-electron chi connectivity index (χ4n) is 3.48. The van der Waals surface area contributed by atoms with E-state index in [1.165, 1.54) is 6.20 Å². The molecule has 1 atom stereocenters. The van der Waals surface area contributed by atoms with Crippen LogP contribution in [0.3, 0.4) is 0 Å². The number of hydrogen-bond donors (Lipinski definition) is 1. The average molecular weight is 363 g/mol. The van der Waals surface area contributed by atoms with Crippen LogP contribution < -0.4 is 0 Å². The first kappa shape index (κ1) is 17.9. The average Bonchev–Trinajstić information content (AvgIpc) is 2.93. The van der Waals surface area contributed by atoms with Crippen LogP contribution in [-0.2, 0) is 23.5 Å². The molecule has 2 heterocycles. The van der Waals surface area contributed by atoms with Crippen LogP contribution in [-0.4, -0.2) is 40.2 Å². The first-order valence-corrected chi connectivity index (χ1v) is 10.1. The highest BCUT2D eigenvalue weighted by Crippen LogP contribution is 2.29. The number of phenols is 1. The van der Waals surface area contributed by atoms with Crippen LogP contribution in [0.4, 0.5) is 0 Å². The van der Waals surface area contributed by atoms with Crippen molar-refractivity contribution < 1.29 is 13.5 Å². The van der Waals surface area contributed by atoms with Crippen molar-refractivity contribution in [2.45, 2.75) is 50.0 Å². The maximum Gasteiger partial charge on any atom is 0.246 e. The molecule has 0 saturated carbocycles. The molecule has 0 bridgehead atoms. The van der Waals surface area contributed by atoms with Crippen LogP contribution in [0, 0.1) is 6.92 Å². The number of rotatable bonds is 5. The van der Waals surface area contributed by atoms with Gasteiger partial charge in [0.2, 0.25) is 10.0 Å². The third-order valence-electron chi connectivity index (χ3n) is 5.03. The van der Waals surface area contributed by atoms with Gasteiger partial charge < -0.3 is 5.11 Å². The van der Waals surface area contributed by atoms with Gasteiger partial charge in [0, 0.05) is 19.6 Å². The first-order chi connectivity index (χ1) is 11.9. The lowest BCUT2D eigenvalue weighted by Crippen LogP contribution is -2.44. The SMILES string of the molecule is Cc1c(S(=O)(=O)N2CCCC[C@H]2CCc2cccc(O)c2)cnn1C. The van der Waals surface area contributed by atoms with E-state index in [0.717, 1.165) is 37.7 Å². The van der Waals surface area contributed by atoms with Gasteiger partial charge in [-0.15, -0.1) is 0 Å². The van der Waals surface area contributed by atoms with Gasteiger partial charge in [0.05, 0.1) is 11.9 Å². The largest absolute Gasteiger partial charge is 0.508 e. The zero-order chi connectivity index (χ0) is 18.0. The lowest BCUT2D eigenvalue weighted by atomic mass is 9.98. The maximum absolute atomic E-state index is 13.1. The molecule has 25 heavy (non-hydrogen) atoms. The molecule has 1 N–H and O–H groups in total. The summed E-state index contributed by atoms with van der Waals surface area (Å²) >= 11 is 0. The second kappa shape index (κ2) is 7.17. The van der Waals surface area contributed by atoms with Crippen molar-refractivity contribution in [3.63, 3.8) is 0 Å². The van der Waals surface area contributed by atoms with Gasteiger partial charge in [0.15, 0.2) is 0 Å². The minimum absolute atomic E-state index is 0.0132. The predicted molar refractivity (Wildman–Crippen MR) is 95.9 cm³/mol. The van der Waals surface area contributed by atoms with Gasteiger partial charge in [-0.25, -0.2) is 8.42 Å². The summed E-state index contributed by atoms with van der Waals surface area (Å²) in [4.78, 5) is 0.305. The molecule has 6 nitrogen and oxygen atoms in total. The Bertz CT molecular complexity index is 845. The molecule has 0 radical (unpaired) electrons. The van der Waals surface area contributed by atoms with Crippen LogP contribution in [0.15, 0.2) is 35.4 Å². The van der Waals surface area contributed by atoms with Crippen molar-refractivity contribution in [3.05, 3.63) is 41.7 Å². The summed E-state index contributed by atoms with van der Waals surface area (Å²) in [6.45, 7) is 2.34. The van der Waals surface area contributed by atoms with E-state index in [2.05, 4.69) is 5.10 Å². The molecule has 7 heteroatoms. The molecule has 2 aromatic rings. The van der Waals surface area contributed by atoms with Crippen LogP contribution in [0.25, 0.3) is 0 Å². The molecule has 1 aromatic carbocycles. The number of aromatic nitrogens is 2. The van der Waals surface area contributed by atoms with Gasteiger partial charge in [-0.1, -0.05) is 18.6 Å². The Hall–Kier alpha value is -1.86. The first-order valence-electron chi connectivity index (χ1n) is 8.68. The third-order valence-corrected chi connectivity index (χ3v) is 7.08. The second-order valence-electron chi connectivity index (χ2n) is 6.69. The topological polar surface area (TPSA) is 75.4 Å². The number of hydrogen-bond acceptors (Lipinski definition) is 4. The molecule has 0 amide bonds. The summed E-state index contributed by atoms with van der Waals surface area (Å²) in [6.07, 6.45) is 5.76. The van der Waals surface area contributed by atoms with E-state index in [1.807, 2.05) is 12.1 Å². The summed E-state index contributed by atoms with van der Waals surface area (Å²) in [5.74, 6) is 0.247. The van der Waals surface area contributed by atoms with Gasteiger partial charge in [0.1, 0.15) is 10.6 Å². The minimum Gasteiger partial charge on any atom is -0.508 e. The predicted octanol–water partition coefficient (Wildman–Crippen LogP) is 2.61. The number of aryl methyl sites for hydroxylation is 2. The van der Waals surface area contributed by atoms with E-state index < -0.39 is 10.0 Å². The molecule has 0 spiro atoms. The second-order valence-corrected chi connectivity index (χ2v) is 8.55. The zero-order valence-corrected chi connectivity index (χ0v) is 15.5. The number of piperidine rings is 1. The van der Waals surface area contributed by atoms with Crippen LogP contribution in [0.2, 0.25) is 0 Å². The molecule has 136 valence electrons. The van der Waals surface area contributed by atoms with Gasteiger partial charge >= 0.3 is 0 Å². The fourth-order valence-corrected chi connectivity index (χ4v) is 5.39. The molecule has 1 aliphatic rings. The highest BCUT2D eigenvalue weighted by atomic mass is 32.2. The molecule has 1 fully saturated rings. The van der Waals surface area contributed by atoms with Crippen molar-refractivity contribution in [2.24, 2.45) is 7.05 Å². The Kier molecular flexibility index (Phi) is 5.15. The van der Waals surface area contributed by atoms with Crippen LogP contribution in [0.5, 0.6) is 5.75 Å². The van der Waals surface area contributed by atoms with E-state index in [9.17, 15) is 13.5 Å². The monoisotopic (exact) mass is 363 g/mol. The van der Waals surface area contributed by atoms with E-state index in [4.69, 9.17) is 0 Å². The Labute approximate surface area is 149 Å². The summed E-state index contributed by atoms with van der Waals surface area (Å²) in [5, 5.41) is 13.7. The molecular formula is C18H25N3O3S. The quantitative estimate of drug-likeness (QED) is 0.886. The fraction of sp³-hybridized carbons (Fsp3) is 0.500.